The highest BCUT2D eigenvalue weighted by Gasteiger charge is 2.32. The number of phenols is 1. The SMILES string of the molecule is CCCCCCN(C(=O)CNC(=O)OC(C)(C)C)C(C(=O)NC(C)CCC)c1ccc(O)cc1. The molecule has 3 N–H and O–H groups in total. The number of nitrogens with one attached hydrogen (secondary N) is 2. The third kappa shape index (κ3) is 10.9. The Labute approximate surface area is 204 Å². The molecule has 0 aliphatic rings. The molecule has 1 aromatic carbocycles. The molecule has 2 atom stereocenters. The van der Waals surface area contributed by atoms with Crippen molar-refractivity contribution in [1.29, 1.82) is 0 Å². The quantitative estimate of drug-likeness (QED) is 0.358. The van der Waals surface area contributed by atoms with E-state index in [-0.39, 0.29) is 30.2 Å². The number of nitrogens with zero attached hydrogens (tertiary/aromatic N) is 1. The average molecular weight is 478 g/mol. The van der Waals surface area contributed by atoms with E-state index in [0.717, 1.165) is 38.5 Å². The fraction of sp³-hybridized carbons (Fsp3) is 0.654. The Morgan fingerprint density at radius 1 is 1.03 bits per heavy atom. The molecular weight excluding hydrogens is 434 g/mol. The summed E-state index contributed by atoms with van der Waals surface area (Å²) in [5, 5.41) is 15.3. The van der Waals surface area contributed by atoms with E-state index in [1.165, 1.54) is 17.0 Å². The Morgan fingerprint density at radius 3 is 2.24 bits per heavy atom. The topological polar surface area (TPSA) is 108 Å². The van der Waals surface area contributed by atoms with Gasteiger partial charge in [-0.2, -0.15) is 0 Å². The summed E-state index contributed by atoms with van der Waals surface area (Å²) in [6.07, 6.45) is 4.79. The van der Waals surface area contributed by atoms with Crippen molar-refractivity contribution in [3.05, 3.63) is 29.8 Å². The van der Waals surface area contributed by atoms with E-state index < -0.39 is 17.7 Å². The first-order chi connectivity index (χ1) is 16.0. The normalized spacial score (nSPS) is 13.0. The monoisotopic (exact) mass is 477 g/mol. The van der Waals surface area contributed by atoms with Crippen molar-refractivity contribution in [3.8, 4) is 5.75 Å². The van der Waals surface area contributed by atoms with Crippen molar-refractivity contribution in [2.75, 3.05) is 13.1 Å². The third-order valence-corrected chi connectivity index (χ3v) is 5.23. The van der Waals surface area contributed by atoms with Gasteiger partial charge in [0.2, 0.25) is 11.8 Å². The molecule has 0 fully saturated rings. The first-order valence-electron chi connectivity index (χ1n) is 12.3. The summed E-state index contributed by atoms with van der Waals surface area (Å²) in [6.45, 7) is 11.4. The van der Waals surface area contributed by atoms with Crippen LogP contribution >= 0.6 is 0 Å². The molecule has 3 amide bonds. The second kappa shape index (κ2) is 14.5. The van der Waals surface area contributed by atoms with E-state index in [1.807, 2.05) is 13.8 Å². The van der Waals surface area contributed by atoms with E-state index in [0.29, 0.717) is 12.1 Å². The van der Waals surface area contributed by atoms with Crippen molar-refractivity contribution in [3.63, 3.8) is 0 Å². The molecule has 192 valence electrons. The molecule has 8 nitrogen and oxygen atoms in total. The Morgan fingerprint density at radius 2 is 1.68 bits per heavy atom. The Hall–Kier alpha value is -2.77. The summed E-state index contributed by atoms with van der Waals surface area (Å²) in [5.74, 6) is -0.582. The second-order valence-electron chi connectivity index (χ2n) is 9.70. The van der Waals surface area contributed by atoms with E-state index in [1.54, 1.807) is 32.9 Å². The van der Waals surface area contributed by atoms with Gasteiger partial charge < -0.3 is 25.4 Å². The van der Waals surface area contributed by atoms with Gasteiger partial charge >= 0.3 is 6.09 Å². The van der Waals surface area contributed by atoms with Crippen molar-refractivity contribution >= 4 is 17.9 Å². The number of carbonyl (C=O) groups excluding carboxylic acids is 3. The zero-order valence-corrected chi connectivity index (χ0v) is 21.6. The lowest BCUT2D eigenvalue weighted by molar-refractivity contribution is -0.140. The molecule has 2 unspecified atom stereocenters. The number of ether oxygens (including phenoxy) is 1. The maximum Gasteiger partial charge on any atom is 0.408 e. The molecule has 0 saturated heterocycles. The average Bonchev–Trinajstić information content (AvgIpc) is 2.74. The van der Waals surface area contributed by atoms with Crippen LogP contribution in [0.2, 0.25) is 0 Å². The van der Waals surface area contributed by atoms with Gasteiger partial charge in [-0.05, 0) is 58.2 Å². The highest BCUT2D eigenvalue weighted by Crippen LogP contribution is 2.25. The number of unbranched alkanes of at least 4 members (excludes halogenated alkanes) is 3. The van der Waals surface area contributed by atoms with Crippen LogP contribution in [0.3, 0.4) is 0 Å². The lowest BCUT2D eigenvalue weighted by atomic mass is 10.0. The van der Waals surface area contributed by atoms with Gasteiger partial charge in [0.25, 0.3) is 0 Å². The van der Waals surface area contributed by atoms with Gasteiger partial charge in [0.15, 0.2) is 0 Å². The molecule has 1 rings (SSSR count). The van der Waals surface area contributed by atoms with Crippen LogP contribution in [-0.4, -0.2) is 52.6 Å². The van der Waals surface area contributed by atoms with Crippen LogP contribution in [0.5, 0.6) is 5.75 Å². The molecule has 0 saturated carbocycles. The molecule has 34 heavy (non-hydrogen) atoms. The standard InChI is InChI=1S/C26H43N3O5/c1-7-9-10-11-17-29(22(31)18-27-25(33)34-26(4,5)6)23(20-13-15-21(30)16-14-20)24(32)28-19(3)12-8-2/h13-16,19,23,30H,7-12,17-18H2,1-6H3,(H,27,33)(H,28,32). The zero-order chi connectivity index (χ0) is 25.7. The minimum atomic E-state index is -0.880. The number of rotatable bonds is 13. The predicted molar refractivity (Wildman–Crippen MR) is 133 cm³/mol. The molecule has 8 heteroatoms. The number of aromatic hydroxyl groups is 1. The van der Waals surface area contributed by atoms with Gasteiger partial charge in [0, 0.05) is 12.6 Å². The minimum Gasteiger partial charge on any atom is -0.508 e. The van der Waals surface area contributed by atoms with E-state index in [4.69, 9.17) is 4.74 Å². The minimum absolute atomic E-state index is 0.0472. The van der Waals surface area contributed by atoms with Crippen molar-refractivity contribution in [2.45, 2.75) is 97.8 Å². The van der Waals surface area contributed by atoms with E-state index >= 15 is 0 Å². The molecule has 0 spiro atoms. The van der Waals surface area contributed by atoms with Crippen LogP contribution < -0.4 is 10.6 Å². The maximum absolute atomic E-state index is 13.4. The summed E-state index contributed by atoms with van der Waals surface area (Å²) in [5.41, 5.74) is -0.0864. The molecule has 1 aromatic rings. The number of alkyl carbamates (subject to hydrolysis) is 1. The van der Waals surface area contributed by atoms with Gasteiger partial charge in [0.05, 0.1) is 0 Å². The van der Waals surface area contributed by atoms with Crippen molar-refractivity contribution in [2.24, 2.45) is 0 Å². The number of phenolic OH excluding ortho intramolecular Hbond substituents is 1. The number of hydrogen-bond acceptors (Lipinski definition) is 5. The fourth-order valence-electron chi connectivity index (χ4n) is 3.63. The highest BCUT2D eigenvalue weighted by atomic mass is 16.6. The molecule has 0 heterocycles. The van der Waals surface area contributed by atoms with Gasteiger partial charge in [-0.3, -0.25) is 9.59 Å². The first-order valence-corrected chi connectivity index (χ1v) is 12.3. The van der Waals surface area contributed by atoms with Crippen LogP contribution in [0.1, 0.15) is 91.7 Å². The fourth-order valence-corrected chi connectivity index (χ4v) is 3.63. The highest BCUT2D eigenvalue weighted by molar-refractivity contribution is 5.90. The lowest BCUT2D eigenvalue weighted by Crippen LogP contribution is -2.49. The Balaban J connectivity index is 3.18. The third-order valence-electron chi connectivity index (χ3n) is 5.23. The van der Waals surface area contributed by atoms with Crippen LogP contribution in [0.15, 0.2) is 24.3 Å². The van der Waals surface area contributed by atoms with Crippen LogP contribution in [0.25, 0.3) is 0 Å². The Bertz CT molecular complexity index is 774. The Kier molecular flexibility index (Phi) is 12.5. The summed E-state index contributed by atoms with van der Waals surface area (Å²) in [7, 11) is 0. The zero-order valence-electron chi connectivity index (χ0n) is 21.6. The molecule has 0 aromatic heterocycles. The molecule has 0 radical (unpaired) electrons. The largest absolute Gasteiger partial charge is 0.508 e. The van der Waals surface area contributed by atoms with Crippen LogP contribution in [-0.2, 0) is 14.3 Å². The molecule has 0 bridgehead atoms. The summed E-state index contributed by atoms with van der Waals surface area (Å²) in [6, 6.07) is 5.38. The predicted octanol–water partition coefficient (Wildman–Crippen LogP) is 4.67. The molecular formula is C26H43N3O5. The van der Waals surface area contributed by atoms with Crippen molar-refractivity contribution < 1.29 is 24.2 Å². The maximum atomic E-state index is 13.4. The summed E-state index contributed by atoms with van der Waals surface area (Å²) >= 11 is 0. The van der Waals surface area contributed by atoms with Gasteiger partial charge in [-0.15, -0.1) is 0 Å². The number of benzene rings is 1. The number of carbonyl (C=O) groups is 3. The second-order valence-corrected chi connectivity index (χ2v) is 9.70. The summed E-state index contributed by atoms with van der Waals surface area (Å²) < 4.78 is 5.24. The lowest BCUT2D eigenvalue weighted by Gasteiger charge is -2.32. The first kappa shape index (κ1) is 29.3. The van der Waals surface area contributed by atoms with Crippen LogP contribution in [0, 0.1) is 0 Å². The van der Waals surface area contributed by atoms with E-state index in [9.17, 15) is 19.5 Å². The number of amides is 3. The van der Waals surface area contributed by atoms with Crippen LogP contribution in [0.4, 0.5) is 4.79 Å². The van der Waals surface area contributed by atoms with Gasteiger partial charge in [0.1, 0.15) is 23.9 Å². The van der Waals surface area contributed by atoms with E-state index in [2.05, 4.69) is 17.6 Å². The van der Waals surface area contributed by atoms with Crippen molar-refractivity contribution in [1.82, 2.24) is 15.5 Å². The smallest absolute Gasteiger partial charge is 0.408 e. The van der Waals surface area contributed by atoms with Gasteiger partial charge in [-0.1, -0.05) is 51.7 Å². The number of hydrogen-bond donors (Lipinski definition) is 3. The van der Waals surface area contributed by atoms with Gasteiger partial charge in [-0.25, -0.2) is 4.79 Å². The molecule has 0 aliphatic heterocycles. The molecule has 0 aliphatic carbocycles. The summed E-state index contributed by atoms with van der Waals surface area (Å²) in [4.78, 5) is 40.3.